The van der Waals surface area contributed by atoms with Crippen molar-refractivity contribution in [1.82, 2.24) is 24.6 Å². The smallest absolute Gasteiger partial charge is 0.208 e. The Morgan fingerprint density at radius 2 is 1.85 bits per heavy atom. The van der Waals surface area contributed by atoms with Gasteiger partial charge in [-0.2, -0.15) is 0 Å². The average Bonchev–Trinajstić information content (AvgIpc) is 3.56. The van der Waals surface area contributed by atoms with Crippen LogP contribution >= 0.6 is 0 Å². The summed E-state index contributed by atoms with van der Waals surface area (Å²) in [4.78, 5) is 16.6. The van der Waals surface area contributed by atoms with Gasteiger partial charge in [0, 0.05) is 30.9 Å². The zero-order valence-electron chi connectivity index (χ0n) is 22.7. The van der Waals surface area contributed by atoms with Crippen molar-refractivity contribution in [3.05, 3.63) is 67.1 Å². The Morgan fingerprint density at radius 3 is 2.62 bits per heavy atom. The molecule has 1 aliphatic rings. The summed E-state index contributed by atoms with van der Waals surface area (Å²) in [7, 11) is 0.742. The summed E-state index contributed by atoms with van der Waals surface area (Å²) in [5, 5.41) is 0.919. The molecule has 0 saturated heterocycles. The number of para-hydroxylation sites is 1. The first-order valence-electron chi connectivity index (χ1n) is 13.3. The lowest BCUT2D eigenvalue weighted by atomic mass is 9.99. The third-order valence-corrected chi connectivity index (χ3v) is 7.93. The van der Waals surface area contributed by atoms with Crippen LogP contribution in [0, 0.1) is 5.92 Å². The number of fused-ring (bicyclic) bond motifs is 1. The number of nitrogens with zero attached hydrogens (tertiary/aromatic N) is 4. The van der Waals surface area contributed by atoms with Crippen LogP contribution in [0.2, 0.25) is 0 Å². The predicted octanol–water partition coefficient (Wildman–Crippen LogP) is 4.42. The normalized spacial score (nSPS) is 17.6. The second kappa shape index (κ2) is 11.7. The molecule has 2 N–H and O–H groups in total. The number of likely N-dealkylation sites (N-methyl/N-ethyl adjacent to an activating group) is 1. The first kappa shape index (κ1) is 27.1. The summed E-state index contributed by atoms with van der Waals surface area (Å²) in [6.07, 6.45) is 7.41. The Labute approximate surface area is 230 Å². The topological polar surface area (TPSA) is 103 Å². The first-order chi connectivity index (χ1) is 18.8. The summed E-state index contributed by atoms with van der Waals surface area (Å²) in [6, 6.07) is 18.3. The standard InChI is InChI=1S/C29H36N6O3S/c1-34(2)17-18-38-23-13-11-21(12-14-23)24-8-4-5-10-27(24)35(29-25-15-16-30-28(25)31-20-32-29)19-22-7-6-9-26(22)33-39(3,36)37/h4-5,8,10-16,20,22,26,33H,6-7,9,17-19H2,1-3H3,(H,30,31,32). The number of ether oxygens (including phenoxy) is 1. The van der Waals surface area contributed by atoms with Crippen LogP contribution in [0.1, 0.15) is 19.3 Å². The van der Waals surface area contributed by atoms with Gasteiger partial charge in [0.1, 0.15) is 30.1 Å². The van der Waals surface area contributed by atoms with Crippen molar-refractivity contribution < 1.29 is 13.2 Å². The van der Waals surface area contributed by atoms with E-state index in [4.69, 9.17) is 9.72 Å². The molecule has 10 heteroatoms. The van der Waals surface area contributed by atoms with Gasteiger partial charge in [-0.3, -0.25) is 0 Å². The minimum Gasteiger partial charge on any atom is -0.492 e. The minimum atomic E-state index is -3.31. The number of hydrogen-bond acceptors (Lipinski definition) is 7. The van der Waals surface area contributed by atoms with E-state index < -0.39 is 10.0 Å². The van der Waals surface area contributed by atoms with Gasteiger partial charge in [0.15, 0.2) is 0 Å². The summed E-state index contributed by atoms with van der Waals surface area (Å²) < 4.78 is 33.0. The van der Waals surface area contributed by atoms with Crippen molar-refractivity contribution in [3.63, 3.8) is 0 Å². The van der Waals surface area contributed by atoms with E-state index in [-0.39, 0.29) is 12.0 Å². The van der Waals surface area contributed by atoms with Gasteiger partial charge < -0.3 is 19.5 Å². The van der Waals surface area contributed by atoms with Gasteiger partial charge in [-0.15, -0.1) is 0 Å². The molecular formula is C29H36N6O3S. The van der Waals surface area contributed by atoms with Crippen molar-refractivity contribution in [1.29, 1.82) is 0 Å². The molecule has 0 bridgehead atoms. The van der Waals surface area contributed by atoms with Gasteiger partial charge in [0.25, 0.3) is 0 Å². The fourth-order valence-electron chi connectivity index (χ4n) is 5.32. The van der Waals surface area contributed by atoms with Crippen molar-refractivity contribution >= 4 is 32.6 Å². The monoisotopic (exact) mass is 548 g/mol. The molecule has 0 spiro atoms. The van der Waals surface area contributed by atoms with Crippen molar-refractivity contribution in [3.8, 4) is 16.9 Å². The second-order valence-electron chi connectivity index (χ2n) is 10.4. The number of H-pyrrole nitrogens is 1. The second-order valence-corrected chi connectivity index (χ2v) is 12.2. The highest BCUT2D eigenvalue weighted by Crippen LogP contribution is 2.39. The molecular weight excluding hydrogens is 512 g/mol. The van der Waals surface area contributed by atoms with Crippen LogP contribution in [0.15, 0.2) is 67.1 Å². The van der Waals surface area contributed by atoms with Crippen LogP contribution in [0.3, 0.4) is 0 Å². The number of aromatic amines is 1. The van der Waals surface area contributed by atoms with Crippen molar-refractivity contribution in [2.24, 2.45) is 5.92 Å². The molecule has 39 heavy (non-hydrogen) atoms. The molecule has 2 heterocycles. The van der Waals surface area contributed by atoms with Gasteiger partial charge in [0.2, 0.25) is 10.0 Å². The Balaban J connectivity index is 1.52. The quantitative estimate of drug-likeness (QED) is 0.286. The Kier molecular flexibility index (Phi) is 8.15. The largest absolute Gasteiger partial charge is 0.492 e. The third kappa shape index (κ3) is 6.58. The van der Waals surface area contributed by atoms with Crippen LogP contribution in [0.25, 0.3) is 22.2 Å². The summed E-state index contributed by atoms with van der Waals surface area (Å²) in [5.41, 5.74) is 3.89. The molecule has 9 nitrogen and oxygen atoms in total. The van der Waals surface area contributed by atoms with E-state index in [1.54, 1.807) is 6.33 Å². The average molecular weight is 549 g/mol. The molecule has 2 unspecified atom stereocenters. The van der Waals surface area contributed by atoms with Gasteiger partial charge in [-0.25, -0.2) is 23.1 Å². The van der Waals surface area contributed by atoms with Crippen LogP contribution in [-0.2, 0) is 10.0 Å². The molecule has 5 rings (SSSR count). The highest BCUT2D eigenvalue weighted by Gasteiger charge is 2.32. The van der Waals surface area contributed by atoms with Gasteiger partial charge in [0.05, 0.1) is 17.3 Å². The maximum atomic E-state index is 12.1. The highest BCUT2D eigenvalue weighted by atomic mass is 32.2. The molecule has 0 radical (unpaired) electrons. The number of anilines is 2. The van der Waals surface area contributed by atoms with Crippen LogP contribution in [0.4, 0.5) is 11.5 Å². The lowest BCUT2D eigenvalue weighted by Crippen LogP contribution is -2.41. The molecule has 2 aromatic heterocycles. The molecule has 4 aromatic rings. The number of sulfonamides is 1. The molecule has 0 amide bonds. The predicted molar refractivity (Wildman–Crippen MR) is 156 cm³/mol. The lowest BCUT2D eigenvalue weighted by molar-refractivity contribution is 0.261. The van der Waals surface area contributed by atoms with Gasteiger partial charge in [-0.1, -0.05) is 36.8 Å². The van der Waals surface area contributed by atoms with Crippen LogP contribution in [0.5, 0.6) is 5.75 Å². The zero-order chi connectivity index (χ0) is 27.4. The Hall–Kier alpha value is -3.47. The zero-order valence-corrected chi connectivity index (χ0v) is 23.5. The number of aromatic nitrogens is 3. The van der Waals surface area contributed by atoms with Crippen LogP contribution in [-0.4, -0.2) is 74.4 Å². The summed E-state index contributed by atoms with van der Waals surface area (Å²) in [6.45, 7) is 2.09. The van der Waals surface area contributed by atoms with E-state index in [9.17, 15) is 8.42 Å². The summed E-state index contributed by atoms with van der Waals surface area (Å²) >= 11 is 0. The van der Waals surface area contributed by atoms with Crippen molar-refractivity contribution in [2.45, 2.75) is 25.3 Å². The number of hydrogen-bond donors (Lipinski definition) is 2. The molecule has 0 aliphatic heterocycles. The molecule has 1 fully saturated rings. The molecule has 2 atom stereocenters. The number of benzene rings is 2. The van der Waals surface area contributed by atoms with Gasteiger partial charge >= 0.3 is 0 Å². The fraction of sp³-hybridized carbons (Fsp3) is 0.379. The number of rotatable bonds is 11. The fourth-order valence-corrected chi connectivity index (χ4v) is 6.18. The number of nitrogens with one attached hydrogen (secondary N) is 2. The SMILES string of the molecule is CN(C)CCOc1ccc(-c2ccccc2N(CC2CCCC2NS(C)(=O)=O)c2ncnc3[nH]ccc23)cc1. The molecule has 1 saturated carbocycles. The first-order valence-corrected chi connectivity index (χ1v) is 15.2. The summed E-state index contributed by atoms with van der Waals surface area (Å²) in [5.74, 6) is 1.76. The maximum Gasteiger partial charge on any atom is 0.208 e. The van der Waals surface area contributed by atoms with Crippen molar-refractivity contribution in [2.75, 3.05) is 44.9 Å². The Morgan fingerprint density at radius 1 is 1.05 bits per heavy atom. The van der Waals surface area contributed by atoms with E-state index in [1.165, 1.54) is 6.26 Å². The van der Waals surface area contributed by atoms with E-state index in [0.717, 1.165) is 65.2 Å². The molecule has 206 valence electrons. The third-order valence-electron chi connectivity index (χ3n) is 7.20. The van der Waals surface area contributed by atoms with E-state index in [2.05, 4.69) is 48.8 Å². The minimum absolute atomic E-state index is 0.114. The molecule has 2 aromatic carbocycles. The lowest BCUT2D eigenvalue weighted by Gasteiger charge is -2.31. The highest BCUT2D eigenvalue weighted by molar-refractivity contribution is 7.88. The van der Waals surface area contributed by atoms with E-state index >= 15 is 0 Å². The van der Waals surface area contributed by atoms with E-state index in [0.29, 0.717) is 13.2 Å². The maximum absolute atomic E-state index is 12.1. The van der Waals surface area contributed by atoms with Crippen LogP contribution < -0.4 is 14.4 Å². The molecule has 1 aliphatic carbocycles. The Bertz CT molecular complexity index is 1500. The van der Waals surface area contributed by atoms with E-state index in [1.807, 2.05) is 50.6 Å². The van der Waals surface area contributed by atoms with Gasteiger partial charge in [-0.05, 0) is 62.7 Å².